The van der Waals surface area contributed by atoms with Crippen LogP contribution < -0.4 is 4.74 Å². The molecule has 1 aromatic carbocycles. The van der Waals surface area contributed by atoms with Crippen LogP contribution in [0.15, 0.2) is 30.3 Å². The van der Waals surface area contributed by atoms with Gasteiger partial charge in [-0.05, 0) is 12.1 Å². The molecule has 2 nitrogen and oxygen atoms in total. The second kappa shape index (κ2) is 5.21. The molecule has 0 bridgehead atoms. The summed E-state index contributed by atoms with van der Waals surface area (Å²) in [5.41, 5.74) is 0. The molecular formula is C11H13NO. The van der Waals surface area contributed by atoms with Crippen molar-refractivity contribution in [2.75, 3.05) is 6.61 Å². The zero-order valence-corrected chi connectivity index (χ0v) is 7.73. The lowest BCUT2D eigenvalue weighted by Gasteiger charge is -2.09. The number of benzene rings is 1. The van der Waals surface area contributed by atoms with Crippen molar-refractivity contribution in [2.24, 2.45) is 5.92 Å². The summed E-state index contributed by atoms with van der Waals surface area (Å²) >= 11 is 0. The van der Waals surface area contributed by atoms with E-state index in [2.05, 4.69) is 6.07 Å². The molecule has 1 unspecified atom stereocenters. The minimum Gasteiger partial charge on any atom is -0.493 e. The lowest BCUT2D eigenvalue weighted by Crippen LogP contribution is -2.07. The fraction of sp³-hybridized carbons (Fsp3) is 0.364. The molecule has 0 heterocycles. The van der Waals surface area contributed by atoms with Gasteiger partial charge in [-0.1, -0.05) is 25.1 Å². The van der Waals surface area contributed by atoms with Gasteiger partial charge in [-0.15, -0.1) is 0 Å². The van der Waals surface area contributed by atoms with Gasteiger partial charge in [-0.25, -0.2) is 0 Å². The first-order valence-corrected chi connectivity index (χ1v) is 4.37. The number of ether oxygens (including phenoxy) is 1. The monoisotopic (exact) mass is 175 g/mol. The minimum atomic E-state index is 0.296. The fourth-order valence-electron chi connectivity index (χ4n) is 0.970. The minimum absolute atomic E-state index is 0.296. The van der Waals surface area contributed by atoms with Crippen molar-refractivity contribution in [3.8, 4) is 11.8 Å². The van der Waals surface area contributed by atoms with Crippen LogP contribution in [-0.2, 0) is 0 Å². The summed E-state index contributed by atoms with van der Waals surface area (Å²) in [6, 6.07) is 11.8. The Morgan fingerprint density at radius 2 is 2.08 bits per heavy atom. The third kappa shape index (κ3) is 3.62. The summed E-state index contributed by atoms with van der Waals surface area (Å²) < 4.78 is 5.47. The van der Waals surface area contributed by atoms with Crippen molar-refractivity contribution in [1.29, 1.82) is 5.26 Å². The van der Waals surface area contributed by atoms with Crippen LogP contribution in [0.3, 0.4) is 0 Å². The van der Waals surface area contributed by atoms with Gasteiger partial charge in [0.25, 0.3) is 0 Å². The molecule has 0 saturated carbocycles. The molecule has 0 spiro atoms. The third-order valence-corrected chi connectivity index (χ3v) is 1.72. The summed E-state index contributed by atoms with van der Waals surface area (Å²) in [4.78, 5) is 0. The highest BCUT2D eigenvalue weighted by molar-refractivity contribution is 5.20. The quantitative estimate of drug-likeness (QED) is 0.704. The predicted octanol–water partition coefficient (Wildman–Crippen LogP) is 2.62. The molecule has 1 aromatic rings. The van der Waals surface area contributed by atoms with Gasteiger partial charge in [0.15, 0.2) is 0 Å². The molecular weight excluding hydrogens is 162 g/mol. The summed E-state index contributed by atoms with van der Waals surface area (Å²) in [6.45, 7) is 2.61. The maximum atomic E-state index is 8.43. The van der Waals surface area contributed by atoms with E-state index >= 15 is 0 Å². The Morgan fingerprint density at radius 3 is 2.69 bits per heavy atom. The molecule has 0 amide bonds. The number of nitriles is 1. The lowest BCUT2D eigenvalue weighted by atomic mass is 10.1. The van der Waals surface area contributed by atoms with E-state index < -0.39 is 0 Å². The van der Waals surface area contributed by atoms with E-state index in [-0.39, 0.29) is 0 Å². The predicted molar refractivity (Wildman–Crippen MR) is 51.3 cm³/mol. The van der Waals surface area contributed by atoms with Crippen molar-refractivity contribution in [3.63, 3.8) is 0 Å². The van der Waals surface area contributed by atoms with Gasteiger partial charge in [-0.3, -0.25) is 0 Å². The molecule has 0 saturated heterocycles. The molecule has 0 aliphatic heterocycles. The highest BCUT2D eigenvalue weighted by atomic mass is 16.5. The molecule has 0 radical (unpaired) electrons. The van der Waals surface area contributed by atoms with Gasteiger partial charge >= 0.3 is 0 Å². The van der Waals surface area contributed by atoms with Crippen LogP contribution in [0.5, 0.6) is 5.75 Å². The Hall–Kier alpha value is -1.49. The Labute approximate surface area is 78.8 Å². The summed E-state index contributed by atoms with van der Waals surface area (Å²) in [5, 5.41) is 8.43. The molecule has 0 N–H and O–H groups in total. The molecule has 1 atom stereocenters. The van der Waals surface area contributed by atoms with Crippen LogP contribution >= 0.6 is 0 Å². The topological polar surface area (TPSA) is 33.0 Å². The fourth-order valence-corrected chi connectivity index (χ4v) is 0.970. The average Bonchev–Trinajstić information content (AvgIpc) is 2.17. The molecule has 13 heavy (non-hydrogen) atoms. The Bertz CT molecular complexity index is 276. The highest BCUT2D eigenvalue weighted by Gasteiger charge is 2.01. The maximum Gasteiger partial charge on any atom is 0.119 e. The van der Waals surface area contributed by atoms with Crippen LogP contribution in [0.4, 0.5) is 0 Å². The van der Waals surface area contributed by atoms with Crippen LogP contribution in [0.2, 0.25) is 0 Å². The summed E-state index contributed by atoms with van der Waals surface area (Å²) in [5.74, 6) is 1.16. The Morgan fingerprint density at radius 1 is 1.38 bits per heavy atom. The van der Waals surface area contributed by atoms with E-state index in [0.29, 0.717) is 18.9 Å². The summed E-state index contributed by atoms with van der Waals surface area (Å²) in [7, 11) is 0. The van der Waals surface area contributed by atoms with Crippen LogP contribution in [0.25, 0.3) is 0 Å². The molecule has 1 rings (SSSR count). The number of rotatable bonds is 4. The average molecular weight is 175 g/mol. The van der Waals surface area contributed by atoms with Crippen molar-refractivity contribution in [1.82, 2.24) is 0 Å². The van der Waals surface area contributed by atoms with Gasteiger partial charge in [0, 0.05) is 12.3 Å². The van der Waals surface area contributed by atoms with E-state index in [4.69, 9.17) is 10.00 Å². The second-order valence-electron chi connectivity index (χ2n) is 3.09. The third-order valence-electron chi connectivity index (χ3n) is 1.72. The van der Waals surface area contributed by atoms with Gasteiger partial charge < -0.3 is 4.74 Å². The molecule has 68 valence electrons. The standard InChI is InChI=1S/C11H13NO/c1-10(7-8-12)9-13-11-5-3-2-4-6-11/h2-6,10H,7,9H2,1H3. The van der Waals surface area contributed by atoms with Crippen molar-refractivity contribution in [2.45, 2.75) is 13.3 Å². The number of para-hydroxylation sites is 1. The largest absolute Gasteiger partial charge is 0.493 e. The van der Waals surface area contributed by atoms with Gasteiger partial charge in [0.05, 0.1) is 12.7 Å². The summed E-state index contributed by atoms with van der Waals surface area (Å²) in [6.07, 6.45) is 0.548. The van der Waals surface area contributed by atoms with Crippen molar-refractivity contribution < 1.29 is 4.74 Å². The van der Waals surface area contributed by atoms with Crippen molar-refractivity contribution in [3.05, 3.63) is 30.3 Å². The van der Waals surface area contributed by atoms with E-state index in [1.807, 2.05) is 37.3 Å². The number of hydrogen-bond acceptors (Lipinski definition) is 2. The van der Waals surface area contributed by atoms with E-state index in [1.165, 1.54) is 0 Å². The zero-order valence-electron chi connectivity index (χ0n) is 7.73. The van der Waals surface area contributed by atoms with Gasteiger partial charge in [-0.2, -0.15) is 5.26 Å². The highest BCUT2D eigenvalue weighted by Crippen LogP contribution is 2.10. The number of nitrogens with zero attached hydrogens (tertiary/aromatic N) is 1. The van der Waals surface area contributed by atoms with Gasteiger partial charge in [0.1, 0.15) is 5.75 Å². The first-order valence-electron chi connectivity index (χ1n) is 4.37. The van der Waals surface area contributed by atoms with Crippen LogP contribution in [0.1, 0.15) is 13.3 Å². The second-order valence-corrected chi connectivity index (χ2v) is 3.09. The van der Waals surface area contributed by atoms with E-state index in [0.717, 1.165) is 5.75 Å². The molecule has 0 aliphatic carbocycles. The van der Waals surface area contributed by atoms with E-state index in [9.17, 15) is 0 Å². The maximum absolute atomic E-state index is 8.43. The van der Waals surface area contributed by atoms with Crippen LogP contribution in [0, 0.1) is 17.2 Å². The molecule has 0 aromatic heterocycles. The Kier molecular flexibility index (Phi) is 3.84. The zero-order chi connectivity index (χ0) is 9.52. The van der Waals surface area contributed by atoms with Crippen molar-refractivity contribution >= 4 is 0 Å². The molecule has 0 fully saturated rings. The smallest absolute Gasteiger partial charge is 0.119 e. The first-order chi connectivity index (χ1) is 6.33. The number of hydrogen-bond donors (Lipinski definition) is 0. The SMILES string of the molecule is CC(CC#N)COc1ccccc1. The first kappa shape index (κ1) is 9.60. The van der Waals surface area contributed by atoms with Gasteiger partial charge in [0.2, 0.25) is 0 Å². The molecule has 2 heteroatoms. The lowest BCUT2D eigenvalue weighted by molar-refractivity contribution is 0.262. The Balaban J connectivity index is 2.32. The van der Waals surface area contributed by atoms with Crippen LogP contribution in [-0.4, -0.2) is 6.61 Å². The van der Waals surface area contributed by atoms with E-state index in [1.54, 1.807) is 0 Å². The molecule has 0 aliphatic rings. The normalized spacial score (nSPS) is 11.7.